The number of amides is 1. The maximum atomic E-state index is 14.1. The number of aromatic nitrogens is 3. The average molecular weight is 457 g/mol. The first-order chi connectivity index (χ1) is 16.2. The second-order valence-electron chi connectivity index (χ2n) is 7.10. The number of halogens is 1. The Morgan fingerprint density at radius 2 is 1.76 bits per heavy atom. The highest BCUT2D eigenvalue weighted by Gasteiger charge is 2.18. The summed E-state index contributed by atoms with van der Waals surface area (Å²) in [5, 5.41) is 5.63. The van der Waals surface area contributed by atoms with Gasteiger partial charge < -0.3 is 9.73 Å². The van der Waals surface area contributed by atoms with Gasteiger partial charge in [0.05, 0.1) is 29.6 Å². The Morgan fingerprint density at radius 1 is 1.00 bits per heavy atom. The van der Waals surface area contributed by atoms with Crippen molar-refractivity contribution in [3.63, 3.8) is 0 Å². The number of rotatable bonds is 6. The predicted molar refractivity (Wildman–Crippen MR) is 124 cm³/mol. The van der Waals surface area contributed by atoms with Crippen LogP contribution in [0.2, 0.25) is 0 Å². The SMILES string of the molecule is O=C(NCc1nc(-c2ccncc2)cs1)c1ccccc1-c1ncc(-c2ccccc2F)o1. The maximum absolute atomic E-state index is 14.1. The quantitative estimate of drug-likeness (QED) is 0.360. The van der Waals surface area contributed by atoms with Gasteiger partial charge in [-0.25, -0.2) is 14.4 Å². The van der Waals surface area contributed by atoms with Crippen LogP contribution in [0.4, 0.5) is 4.39 Å². The van der Waals surface area contributed by atoms with E-state index in [-0.39, 0.29) is 18.3 Å². The van der Waals surface area contributed by atoms with Gasteiger partial charge in [0.2, 0.25) is 5.89 Å². The predicted octanol–water partition coefficient (Wildman–Crippen LogP) is 5.60. The van der Waals surface area contributed by atoms with Gasteiger partial charge in [0.25, 0.3) is 5.91 Å². The molecule has 3 heterocycles. The third-order valence-corrected chi connectivity index (χ3v) is 5.82. The molecule has 0 bridgehead atoms. The number of oxazole rings is 1. The molecule has 0 saturated carbocycles. The van der Waals surface area contributed by atoms with Crippen LogP contribution in [0.15, 0.2) is 89.1 Å². The molecule has 0 aliphatic rings. The van der Waals surface area contributed by atoms with Crippen molar-refractivity contribution in [2.75, 3.05) is 0 Å². The van der Waals surface area contributed by atoms with Gasteiger partial charge >= 0.3 is 0 Å². The minimum Gasteiger partial charge on any atom is -0.436 e. The lowest BCUT2D eigenvalue weighted by Crippen LogP contribution is -2.23. The molecular formula is C25H17FN4O2S. The van der Waals surface area contributed by atoms with Crippen LogP contribution in [0.3, 0.4) is 0 Å². The van der Waals surface area contributed by atoms with Crippen molar-refractivity contribution in [3.8, 4) is 34.0 Å². The Bertz CT molecular complexity index is 1410. The molecule has 0 aliphatic carbocycles. The van der Waals surface area contributed by atoms with Crippen molar-refractivity contribution < 1.29 is 13.6 Å². The van der Waals surface area contributed by atoms with Crippen molar-refractivity contribution in [1.29, 1.82) is 0 Å². The standard InChI is InChI=1S/C25H17FN4O2S/c26-20-8-4-3-7-19(20)22-13-29-25(32-22)18-6-2-1-5-17(18)24(31)28-14-23-30-21(15-33-23)16-9-11-27-12-10-16/h1-13,15H,14H2,(H,28,31). The zero-order valence-electron chi connectivity index (χ0n) is 17.2. The summed E-state index contributed by atoms with van der Waals surface area (Å²) >= 11 is 1.47. The summed E-state index contributed by atoms with van der Waals surface area (Å²) in [5.74, 6) is -0.143. The summed E-state index contributed by atoms with van der Waals surface area (Å²) in [6.45, 7) is 0.287. The first-order valence-corrected chi connectivity index (χ1v) is 11.0. The molecule has 162 valence electrons. The fourth-order valence-corrected chi connectivity index (χ4v) is 4.09. The van der Waals surface area contributed by atoms with Crippen molar-refractivity contribution in [3.05, 3.63) is 101 Å². The summed E-state index contributed by atoms with van der Waals surface area (Å²) in [4.78, 5) is 25.8. The van der Waals surface area contributed by atoms with E-state index in [4.69, 9.17) is 4.42 Å². The first kappa shape index (κ1) is 20.7. The fourth-order valence-electron chi connectivity index (χ4n) is 3.35. The molecule has 0 aliphatic heterocycles. The molecular weight excluding hydrogens is 439 g/mol. The van der Waals surface area contributed by atoms with Crippen molar-refractivity contribution in [1.82, 2.24) is 20.3 Å². The summed E-state index contributed by atoms with van der Waals surface area (Å²) in [6.07, 6.45) is 4.89. The molecule has 1 N–H and O–H groups in total. The second-order valence-corrected chi connectivity index (χ2v) is 8.04. The van der Waals surface area contributed by atoms with E-state index in [0.29, 0.717) is 22.5 Å². The third-order valence-electron chi connectivity index (χ3n) is 4.98. The number of carbonyl (C=O) groups is 1. The van der Waals surface area contributed by atoms with Gasteiger partial charge in [-0.2, -0.15) is 0 Å². The van der Waals surface area contributed by atoms with E-state index >= 15 is 0 Å². The number of thiazole rings is 1. The molecule has 33 heavy (non-hydrogen) atoms. The highest BCUT2D eigenvalue weighted by atomic mass is 32.1. The topological polar surface area (TPSA) is 80.9 Å². The van der Waals surface area contributed by atoms with Gasteiger partial charge in [0, 0.05) is 28.9 Å². The van der Waals surface area contributed by atoms with Crippen LogP contribution >= 0.6 is 11.3 Å². The van der Waals surface area contributed by atoms with Crippen molar-refractivity contribution >= 4 is 17.2 Å². The first-order valence-electron chi connectivity index (χ1n) is 10.1. The van der Waals surface area contributed by atoms with Gasteiger partial charge in [0.1, 0.15) is 10.8 Å². The minimum atomic E-state index is -0.402. The van der Waals surface area contributed by atoms with E-state index in [9.17, 15) is 9.18 Å². The minimum absolute atomic E-state index is 0.244. The Kier molecular flexibility index (Phi) is 5.73. The maximum Gasteiger partial charge on any atom is 0.252 e. The lowest BCUT2D eigenvalue weighted by Gasteiger charge is -2.07. The van der Waals surface area contributed by atoms with Gasteiger partial charge in [0.15, 0.2) is 5.76 Å². The van der Waals surface area contributed by atoms with Gasteiger partial charge in [-0.1, -0.05) is 24.3 Å². The normalized spacial score (nSPS) is 10.8. The molecule has 5 rings (SSSR count). The summed E-state index contributed by atoms with van der Waals surface area (Å²) in [6, 6.07) is 17.1. The van der Waals surface area contributed by atoms with Crippen LogP contribution in [-0.4, -0.2) is 20.9 Å². The average Bonchev–Trinajstić information content (AvgIpc) is 3.54. The molecule has 2 aromatic carbocycles. The third kappa shape index (κ3) is 4.42. The van der Waals surface area contributed by atoms with E-state index in [0.717, 1.165) is 16.3 Å². The number of nitrogens with zero attached hydrogens (tertiary/aromatic N) is 3. The van der Waals surface area contributed by atoms with Gasteiger partial charge in [-0.3, -0.25) is 9.78 Å². The zero-order valence-corrected chi connectivity index (χ0v) is 18.1. The Morgan fingerprint density at radius 3 is 2.58 bits per heavy atom. The molecule has 3 aromatic heterocycles. The van der Waals surface area contributed by atoms with E-state index in [2.05, 4.69) is 20.3 Å². The number of pyridine rings is 1. The van der Waals surface area contributed by atoms with Gasteiger partial charge in [-0.15, -0.1) is 11.3 Å². The van der Waals surface area contributed by atoms with E-state index < -0.39 is 5.82 Å². The zero-order chi connectivity index (χ0) is 22.6. The Hall–Kier alpha value is -4.17. The summed E-state index contributed by atoms with van der Waals surface area (Å²) in [7, 11) is 0. The Labute approximate surface area is 192 Å². The molecule has 0 spiro atoms. The molecule has 5 aromatic rings. The number of hydrogen-bond donors (Lipinski definition) is 1. The monoisotopic (exact) mass is 456 g/mol. The van der Waals surface area contributed by atoms with Crippen LogP contribution in [0.25, 0.3) is 34.0 Å². The molecule has 0 radical (unpaired) electrons. The van der Waals surface area contributed by atoms with Crippen LogP contribution in [0.1, 0.15) is 15.4 Å². The van der Waals surface area contributed by atoms with Crippen LogP contribution in [0.5, 0.6) is 0 Å². The Balaban J connectivity index is 1.34. The van der Waals surface area contributed by atoms with Crippen molar-refractivity contribution in [2.24, 2.45) is 0 Å². The van der Waals surface area contributed by atoms with Crippen LogP contribution in [0, 0.1) is 5.82 Å². The second kappa shape index (κ2) is 9.13. The molecule has 0 saturated heterocycles. The lowest BCUT2D eigenvalue weighted by molar-refractivity contribution is 0.0951. The van der Waals surface area contributed by atoms with Gasteiger partial charge in [-0.05, 0) is 36.4 Å². The molecule has 1 amide bonds. The van der Waals surface area contributed by atoms with E-state index in [1.54, 1.807) is 54.9 Å². The van der Waals surface area contributed by atoms with E-state index in [1.807, 2.05) is 17.5 Å². The molecule has 6 nitrogen and oxygen atoms in total. The smallest absolute Gasteiger partial charge is 0.252 e. The highest BCUT2D eigenvalue weighted by molar-refractivity contribution is 7.09. The van der Waals surface area contributed by atoms with Crippen LogP contribution in [-0.2, 0) is 6.54 Å². The number of carbonyl (C=O) groups excluding carboxylic acids is 1. The lowest BCUT2D eigenvalue weighted by atomic mass is 10.1. The molecule has 0 atom stereocenters. The number of benzene rings is 2. The van der Waals surface area contributed by atoms with Crippen molar-refractivity contribution in [2.45, 2.75) is 6.54 Å². The largest absolute Gasteiger partial charge is 0.436 e. The fraction of sp³-hybridized carbons (Fsp3) is 0.0400. The molecule has 8 heteroatoms. The highest BCUT2D eigenvalue weighted by Crippen LogP contribution is 2.29. The molecule has 0 fully saturated rings. The number of nitrogens with one attached hydrogen (secondary N) is 1. The van der Waals surface area contributed by atoms with E-state index in [1.165, 1.54) is 23.6 Å². The van der Waals surface area contributed by atoms with Crippen LogP contribution < -0.4 is 5.32 Å². The molecule has 0 unspecified atom stereocenters. The number of hydrogen-bond acceptors (Lipinski definition) is 6. The summed E-state index contributed by atoms with van der Waals surface area (Å²) < 4.78 is 19.9. The summed E-state index contributed by atoms with van der Waals surface area (Å²) in [5.41, 5.74) is 3.05.